The third-order valence-electron chi connectivity index (χ3n) is 0.718. The molecule has 50 valence electrons. The molecule has 2 atom stereocenters. The maximum atomic E-state index is 10.3. The lowest BCUT2D eigenvalue weighted by molar-refractivity contribution is 0.202. The third-order valence-corrected chi connectivity index (χ3v) is 2.40. The van der Waals surface area contributed by atoms with Crippen molar-refractivity contribution in [2.75, 3.05) is 13.7 Å². The first-order valence-electron chi connectivity index (χ1n) is 2.24. The van der Waals surface area contributed by atoms with E-state index in [9.17, 15) is 4.21 Å². The van der Waals surface area contributed by atoms with Crippen molar-refractivity contribution in [3.63, 3.8) is 0 Å². The fourth-order valence-corrected chi connectivity index (χ4v) is 0.686. The molecule has 0 N–H and O–H groups in total. The van der Waals surface area contributed by atoms with Gasteiger partial charge in [0.15, 0.2) is 0 Å². The van der Waals surface area contributed by atoms with Crippen LogP contribution in [0.4, 0.5) is 0 Å². The van der Waals surface area contributed by atoms with Gasteiger partial charge < -0.3 is 4.74 Å². The first kappa shape index (κ1) is 8.40. The molecular weight excluding hydrogens is 148 g/mol. The lowest BCUT2D eigenvalue weighted by atomic mass is 10.5. The Morgan fingerprint density at radius 2 is 2.38 bits per heavy atom. The Labute approximate surface area is 56.1 Å². The third kappa shape index (κ3) is 3.41. The number of hydrogen-bond acceptors (Lipinski definition) is 2. The minimum absolute atomic E-state index is 0.0679. The zero-order valence-electron chi connectivity index (χ0n) is 4.89. The quantitative estimate of drug-likeness (QED) is 0.569. The summed E-state index contributed by atoms with van der Waals surface area (Å²) >= 11 is 0. The SMILES string of the molecule is COCC(C)S(=O)Cl. The number of hydrogen-bond donors (Lipinski definition) is 0. The van der Waals surface area contributed by atoms with Gasteiger partial charge in [-0.2, -0.15) is 0 Å². The van der Waals surface area contributed by atoms with Crippen LogP contribution in [0.5, 0.6) is 0 Å². The first-order valence-corrected chi connectivity index (χ1v) is 4.28. The van der Waals surface area contributed by atoms with E-state index < -0.39 is 10.0 Å². The second-order valence-corrected chi connectivity index (χ2v) is 3.73. The van der Waals surface area contributed by atoms with Gasteiger partial charge in [0, 0.05) is 7.11 Å². The molecule has 0 spiro atoms. The largest absolute Gasteiger partial charge is 0.383 e. The molecule has 8 heavy (non-hydrogen) atoms. The van der Waals surface area contributed by atoms with Crippen molar-refractivity contribution in [3.05, 3.63) is 0 Å². The number of halogens is 1. The van der Waals surface area contributed by atoms with Crippen LogP contribution in [0.15, 0.2) is 0 Å². The summed E-state index contributed by atoms with van der Waals surface area (Å²) in [6, 6.07) is 0. The molecular formula is C4H9ClO2S. The first-order chi connectivity index (χ1) is 3.68. The number of ether oxygens (including phenoxy) is 1. The van der Waals surface area contributed by atoms with Gasteiger partial charge in [0.25, 0.3) is 0 Å². The molecule has 0 aromatic heterocycles. The maximum Gasteiger partial charge on any atom is 0.120 e. The summed E-state index contributed by atoms with van der Waals surface area (Å²) in [6.45, 7) is 2.22. The van der Waals surface area contributed by atoms with Crippen molar-refractivity contribution in [3.8, 4) is 0 Å². The smallest absolute Gasteiger partial charge is 0.120 e. The lowest BCUT2D eigenvalue weighted by Crippen LogP contribution is -2.12. The Hall–Kier alpha value is 0.400. The highest BCUT2D eigenvalue weighted by Crippen LogP contribution is 1.99. The monoisotopic (exact) mass is 156 g/mol. The van der Waals surface area contributed by atoms with E-state index in [-0.39, 0.29) is 5.25 Å². The van der Waals surface area contributed by atoms with Gasteiger partial charge in [-0.15, -0.1) is 0 Å². The van der Waals surface area contributed by atoms with Crippen LogP contribution in [-0.2, 0) is 14.7 Å². The van der Waals surface area contributed by atoms with Crippen molar-refractivity contribution in [2.24, 2.45) is 0 Å². The van der Waals surface area contributed by atoms with E-state index in [1.807, 2.05) is 0 Å². The molecule has 0 heterocycles. The van der Waals surface area contributed by atoms with Gasteiger partial charge in [-0.1, -0.05) is 0 Å². The fourth-order valence-electron chi connectivity index (χ4n) is 0.288. The predicted molar refractivity (Wildman–Crippen MR) is 35.3 cm³/mol. The molecule has 0 aliphatic carbocycles. The molecule has 2 nitrogen and oxygen atoms in total. The van der Waals surface area contributed by atoms with Gasteiger partial charge in [0.2, 0.25) is 0 Å². The molecule has 0 fully saturated rings. The summed E-state index contributed by atoms with van der Waals surface area (Å²) in [4.78, 5) is 0. The van der Waals surface area contributed by atoms with Gasteiger partial charge in [-0.3, -0.25) is 0 Å². The highest BCUT2D eigenvalue weighted by Gasteiger charge is 2.05. The Kier molecular flexibility index (Phi) is 4.51. The summed E-state index contributed by atoms with van der Waals surface area (Å²) in [5.41, 5.74) is 0. The van der Waals surface area contributed by atoms with Gasteiger partial charge in [0.05, 0.1) is 11.9 Å². The van der Waals surface area contributed by atoms with Crippen molar-refractivity contribution >= 4 is 20.7 Å². The summed E-state index contributed by atoms with van der Waals surface area (Å²) in [6.07, 6.45) is 0. The molecule has 0 aromatic rings. The molecule has 0 bridgehead atoms. The molecule has 0 saturated carbocycles. The van der Waals surface area contributed by atoms with Gasteiger partial charge in [0.1, 0.15) is 10.0 Å². The van der Waals surface area contributed by atoms with Crippen molar-refractivity contribution in [1.29, 1.82) is 0 Å². The standard InChI is InChI=1S/C4H9ClO2S/c1-4(3-7-2)8(5)6/h4H,3H2,1-2H3. The van der Waals surface area contributed by atoms with E-state index in [0.29, 0.717) is 6.61 Å². The van der Waals surface area contributed by atoms with Crippen LogP contribution in [0.1, 0.15) is 6.92 Å². The van der Waals surface area contributed by atoms with E-state index >= 15 is 0 Å². The lowest BCUT2D eigenvalue weighted by Gasteiger charge is -2.01. The Morgan fingerprint density at radius 1 is 1.88 bits per heavy atom. The Bertz CT molecular complexity index is 86.1. The second-order valence-electron chi connectivity index (χ2n) is 1.51. The summed E-state index contributed by atoms with van der Waals surface area (Å²) in [5.74, 6) is 0. The maximum absolute atomic E-state index is 10.3. The molecule has 0 aromatic carbocycles. The molecule has 0 saturated heterocycles. The van der Waals surface area contributed by atoms with E-state index in [0.717, 1.165) is 0 Å². The van der Waals surface area contributed by atoms with Crippen LogP contribution in [0.25, 0.3) is 0 Å². The predicted octanol–water partition coefficient (Wildman–Crippen LogP) is 0.924. The fraction of sp³-hybridized carbons (Fsp3) is 1.00. The van der Waals surface area contributed by atoms with Gasteiger partial charge in [-0.25, -0.2) is 4.21 Å². The van der Waals surface area contributed by atoms with Crippen LogP contribution >= 0.6 is 10.7 Å². The Balaban J connectivity index is 3.32. The summed E-state index contributed by atoms with van der Waals surface area (Å²) < 4.78 is 15.0. The number of rotatable bonds is 3. The van der Waals surface area contributed by atoms with E-state index in [1.54, 1.807) is 14.0 Å². The molecule has 0 rings (SSSR count). The van der Waals surface area contributed by atoms with Crippen molar-refractivity contribution in [2.45, 2.75) is 12.2 Å². The molecule has 4 heteroatoms. The van der Waals surface area contributed by atoms with Crippen LogP contribution in [-0.4, -0.2) is 23.2 Å². The minimum atomic E-state index is -1.26. The van der Waals surface area contributed by atoms with Crippen LogP contribution < -0.4 is 0 Å². The highest BCUT2D eigenvalue weighted by molar-refractivity contribution is 8.08. The molecule has 0 aliphatic heterocycles. The second kappa shape index (κ2) is 4.30. The molecule has 2 unspecified atom stereocenters. The van der Waals surface area contributed by atoms with Gasteiger partial charge >= 0.3 is 0 Å². The van der Waals surface area contributed by atoms with Crippen LogP contribution in [0.2, 0.25) is 0 Å². The highest BCUT2D eigenvalue weighted by atomic mass is 35.7. The summed E-state index contributed by atoms with van der Waals surface area (Å²) in [7, 11) is 5.49. The zero-order chi connectivity index (χ0) is 6.57. The molecule has 0 radical (unpaired) electrons. The summed E-state index contributed by atoms with van der Waals surface area (Å²) in [5, 5.41) is -0.0679. The van der Waals surface area contributed by atoms with Crippen LogP contribution in [0.3, 0.4) is 0 Å². The molecule has 0 amide bonds. The zero-order valence-corrected chi connectivity index (χ0v) is 6.46. The average Bonchev–Trinajstić information content (AvgIpc) is 1.67. The van der Waals surface area contributed by atoms with Crippen molar-refractivity contribution in [1.82, 2.24) is 0 Å². The Morgan fingerprint density at radius 3 is 2.50 bits per heavy atom. The average molecular weight is 157 g/mol. The normalized spacial score (nSPS) is 17.9. The van der Waals surface area contributed by atoms with E-state index in [4.69, 9.17) is 10.7 Å². The van der Waals surface area contributed by atoms with Crippen LogP contribution in [0, 0.1) is 0 Å². The topological polar surface area (TPSA) is 26.3 Å². The van der Waals surface area contributed by atoms with E-state index in [2.05, 4.69) is 4.74 Å². The molecule has 0 aliphatic rings. The van der Waals surface area contributed by atoms with Gasteiger partial charge in [-0.05, 0) is 17.6 Å². The van der Waals surface area contributed by atoms with E-state index in [1.165, 1.54) is 0 Å². The van der Waals surface area contributed by atoms with Crippen molar-refractivity contribution < 1.29 is 8.95 Å². The minimum Gasteiger partial charge on any atom is -0.383 e. The number of methoxy groups -OCH3 is 1.